The lowest BCUT2D eigenvalue weighted by Crippen LogP contribution is -2.42. The number of nitrogens with one attached hydrogen (secondary N) is 1. The Kier molecular flexibility index (Phi) is 5.08. The van der Waals surface area contributed by atoms with E-state index in [2.05, 4.69) is 10.1 Å². The van der Waals surface area contributed by atoms with Gasteiger partial charge in [0, 0.05) is 18.7 Å². The van der Waals surface area contributed by atoms with E-state index >= 15 is 0 Å². The molecule has 2 amide bonds. The molecule has 0 fully saturated rings. The molecule has 9 nitrogen and oxygen atoms in total. The third-order valence-corrected chi connectivity index (χ3v) is 4.54. The fraction of sp³-hybridized carbons (Fsp3) is 0.211. The summed E-state index contributed by atoms with van der Waals surface area (Å²) in [6, 6.07) is 9.43. The molecule has 1 aliphatic rings. The van der Waals surface area contributed by atoms with E-state index in [1.54, 1.807) is 31.2 Å². The number of benzene rings is 2. The van der Waals surface area contributed by atoms with Crippen LogP contribution < -0.4 is 5.32 Å². The van der Waals surface area contributed by atoms with Crippen molar-refractivity contribution in [2.24, 2.45) is 0 Å². The topological polar surface area (TPSA) is 119 Å². The molecule has 144 valence electrons. The van der Waals surface area contributed by atoms with Crippen LogP contribution in [-0.4, -0.2) is 40.8 Å². The van der Waals surface area contributed by atoms with Crippen LogP contribution in [-0.2, 0) is 16.1 Å². The van der Waals surface area contributed by atoms with Crippen molar-refractivity contribution < 1.29 is 24.0 Å². The third-order valence-electron chi connectivity index (χ3n) is 4.54. The minimum absolute atomic E-state index is 0.111. The van der Waals surface area contributed by atoms with Gasteiger partial charge in [0.1, 0.15) is 6.04 Å². The number of hydrogen-bond acceptors (Lipinski definition) is 6. The Labute approximate surface area is 160 Å². The molecule has 1 aliphatic heterocycles. The number of esters is 1. The van der Waals surface area contributed by atoms with E-state index in [9.17, 15) is 24.5 Å². The smallest absolute Gasteiger partial charge is 0.337 e. The molecule has 0 bridgehead atoms. The normalized spacial score (nSPS) is 16.1. The lowest BCUT2D eigenvalue weighted by molar-refractivity contribution is -0.384. The Hall–Kier alpha value is -3.75. The Morgan fingerprint density at radius 2 is 1.89 bits per heavy atom. The molecular weight excluding hydrogens is 366 g/mol. The van der Waals surface area contributed by atoms with Gasteiger partial charge in [-0.2, -0.15) is 0 Å². The van der Waals surface area contributed by atoms with Gasteiger partial charge < -0.3 is 15.0 Å². The first-order valence-electron chi connectivity index (χ1n) is 8.39. The summed E-state index contributed by atoms with van der Waals surface area (Å²) in [7, 11) is 1.29. The maximum Gasteiger partial charge on any atom is 0.337 e. The van der Waals surface area contributed by atoms with Crippen molar-refractivity contribution in [2.75, 3.05) is 12.4 Å². The van der Waals surface area contributed by atoms with Crippen LogP contribution in [0.2, 0.25) is 0 Å². The zero-order valence-electron chi connectivity index (χ0n) is 15.2. The molecule has 0 spiro atoms. The molecule has 0 saturated carbocycles. The summed E-state index contributed by atoms with van der Waals surface area (Å²) in [6.45, 7) is 1.71. The maximum atomic E-state index is 13.0. The second kappa shape index (κ2) is 7.47. The maximum absolute atomic E-state index is 13.0. The Bertz CT molecular complexity index is 970. The standard InChI is InChI=1S/C19H17N3O6/c1-11-17(23)20-16-9-14(22(26)27)7-8-15(16)18(24)21(11)10-12-3-5-13(6-4-12)19(25)28-2/h3-9,11H,10H2,1-2H3,(H,20,23)/t11-/m1/s1. The summed E-state index contributed by atoms with van der Waals surface area (Å²) >= 11 is 0. The van der Waals surface area contributed by atoms with Gasteiger partial charge in [-0.3, -0.25) is 19.7 Å². The molecule has 1 atom stereocenters. The van der Waals surface area contributed by atoms with Gasteiger partial charge in [-0.15, -0.1) is 0 Å². The summed E-state index contributed by atoms with van der Waals surface area (Å²) in [6.07, 6.45) is 0. The first kappa shape index (κ1) is 19.0. The summed E-state index contributed by atoms with van der Waals surface area (Å²) in [5.74, 6) is -1.34. The third kappa shape index (κ3) is 3.54. The highest BCUT2D eigenvalue weighted by atomic mass is 16.6. The minimum atomic E-state index is -0.792. The van der Waals surface area contributed by atoms with Crippen molar-refractivity contribution in [3.8, 4) is 0 Å². The van der Waals surface area contributed by atoms with Crippen LogP contribution in [0.4, 0.5) is 11.4 Å². The molecular formula is C19H17N3O6. The number of nitrogens with zero attached hydrogens (tertiary/aromatic N) is 2. The molecule has 1 N–H and O–H groups in total. The van der Waals surface area contributed by atoms with E-state index in [-0.39, 0.29) is 23.5 Å². The predicted octanol–water partition coefficient (Wildman–Crippen LogP) is 2.36. The fourth-order valence-electron chi connectivity index (χ4n) is 2.91. The first-order valence-corrected chi connectivity index (χ1v) is 8.39. The van der Waals surface area contributed by atoms with Gasteiger partial charge in [-0.25, -0.2) is 4.79 Å². The highest BCUT2D eigenvalue weighted by Crippen LogP contribution is 2.28. The highest BCUT2D eigenvalue weighted by Gasteiger charge is 2.33. The van der Waals surface area contributed by atoms with Crippen LogP contribution in [0.5, 0.6) is 0 Å². The number of nitro benzene ring substituents is 1. The van der Waals surface area contributed by atoms with Crippen LogP contribution in [0, 0.1) is 10.1 Å². The quantitative estimate of drug-likeness (QED) is 0.492. The van der Waals surface area contributed by atoms with Crippen molar-refractivity contribution in [3.63, 3.8) is 0 Å². The first-order chi connectivity index (χ1) is 13.3. The van der Waals surface area contributed by atoms with E-state index in [1.165, 1.54) is 30.2 Å². The Morgan fingerprint density at radius 1 is 1.21 bits per heavy atom. The van der Waals surface area contributed by atoms with Crippen molar-refractivity contribution >= 4 is 29.2 Å². The van der Waals surface area contributed by atoms with Crippen LogP contribution in [0.15, 0.2) is 42.5 Å². The Morgan fingerprint density at radius 3 is 2.50 bits per heavy atom. The van der Waals surface area contributed by atoms with Crippen molar-refractivity contribution in [1.29, 1.82) is 0 Å². The second-order valence-corrected chi connectivity index (χ2v) is 6.27. The van der Waals surface area contributed by atoms with Crippen molar-refractivity contribution in [1.82, 2.24) is 4.90 Å². The SMILES string of the molecule is COC(=O)c1ccc(CN2C(=O)c3ccc([N+](=O)[O-])cc3NC(=O)[C@H]2C)cc1. The molecule has 0 saturated heterocycles. The number of rotatable bonds is 4. The highest BCUT2D eigenvalue weighted by molar-refractivity contribution is 6.10. The molecule has 0 aliphatic carbocycles. The Balaban J connectivity index is 1.92. The lowest BCUT2D eigenvalue weighted by atomic mass is 10.1. The van der Waals surface area contributed by atoms with Crippen LogP contribution in [0.3, 0.4) is 0 Å². The molecule has 3 rings (SSSR count). The molecule has 9 heteroatoms. The average molecular weight is 383 g/mol. The summed E-state index contributed by atoms with van der Waals surface area (Å²) in [4.78, 5) is 48.7. The number of amides is 2. The number of methoxy groups -OCH3 is 1. The largest absolute Gasteiger partial charge is 0.465 e. The number of hydrogen-bond donors (Lipinski definition) is 1. The van der Waals surface area contributed by atoms with Gasteiger partial charge in [0.2, 0.25) is 5.91 Å². The fourth-order valence-corrected chi connectivity index (χ4v) is 2.91. The zero-order valence-corrected chi connectivity index (χ0v) is 15.2. The number of carbonyl (C=O) groups excluding carboxylic acids is 3. The number of ether oxygens (including phenoxy) is 1. The zero-order chi connectivity index (χ0) is 20.4. The van der Waals surface area contributed by atoms with Crippen molar-refractivity contribution in [2.45, 2.75) is 19.5 Å². The minimum Gasteiger partial charge on any atom is -0.465 e. The van der Waals surface area contributed by atoms with E-state index in [1.807, 2.05) is 0 Å². The molecule has 0 unspecified atom stereocenters. The molecule has 2 aromatic carbocycles. The summed E-state index contributed by atoms with van der Waals surface area (Å²) in [5.41, 5.74) is 1.16. The van der Waals surface area contributed by atoms with Gasteiger partial charge in [-0.1, -0.05) is 12.1 Å². The molecule has 28 heavy (non-hydrogen) atoms. The van der Waals surface area contributed by atoms with Gasteiger partial charge in [0.05, 0.1) is 28.8 Å². The average Bonchev–Trinajstić information content (AvgIpc) is 2.78. The molecule has 1 heterocycles. The van der Waals surface area contributed by atoms with Crippen molar-refractivity contribution in [3.05, 3.63) is 69.3 Å². The monoisotopic (exact) mass is 383 g/mol. The summed E-state index contributed by atoms with van der Waals surface area (Å²) in [5, 5.41) is 13.5. The van der Waals surface area contributed by atoms with E-state index < -0.39 is 28.7 Å². The molecule has 0 radical (unpaired) electrons. The second-order valence-electron chi connectivity index (χ2n) is 6.27. The lowest BCUT2D eigenvalue weighted by Gasteiger charge is -2.26. The molecule has 0 aromatic heterocycles. The van der Waals surface area contributed by atoms with E-state index in [4.69, 9.17) is 0 Å². The van der Waals surface area contributed by atoms with E-state index in [0.717, 1.165) is 0 Å². The number of nitro groups is 1. The van der Waals surface area contributed by atoms with Gasteiger partial charge in [0.25, 0.3) is 11.6 Å². The summed E-state index contributed by atoms with van der Waals surface area (Å²) < 4.78 is 4.65. The van der Waals surface area contributed by atoms with Crippen LogP contribution in [0.25, 0.3) is 0 Å². The van der Waals surface area contributed by atoms with Crippen LogP contribution >= 0.6 is 0 Å². The number of anilines is 1. The van der Waals surface area contributed by atoms with Gasteiger partial charge in [0.15, 0.2) is 0 Å². The number of carbonyl (C=O) groups is 3. The number of fused-ring (bicyclic) bond motifs is 1. The van der Waals surface area contributed by atoms with Crippen LogP contribution in [0.1, 0.15) is 33.2 Å². The molecule has 2 aromatic rings. The van der Waals surface area contributed by atoms with E-state index in [0.29, 0.717) is 11.1 Å². The van der Waals surface area contributed by atoms with Gasteiger partial charge >= 0.3 is 5.97 Å². The predicted molar refractivity (Wildman–Crippen MR) is 98.8 cm³/mol. The van der Waals surface area contributed by atoms with Gasteiger partial charge in [-0.05, 0) is 30.7 Å². The number of non-ortho nitro benzene ring substituents is 1.